The summed E-state index contributed by atoms with van der Waals surface area (Å²) in [6, 6.07) is 9.63. The SMILES string of the molecule is CC(C)(C)OC(=O)C1CC(c2ccccc2)OC(C)(C)N1. The molecular weight excluding hydrogens is 266 g/mol. The summed E-state index contributed by atoms with van der Waals surface area (Å²) in [4.78, 5) is 12.3. The van der Waals surface area contributed by atoms with Gasteiger partial charge in [-0.1, -0.05) is 30.3 Å². The summed E-state index contributed by atoms with van der Waals surface area (Å²) in [5.41, 5.74) is 0.0321. The number of ether oxygens (including phenoxy) is 2. The van der Waals surface area contributed by atoms with E-state index in [2.05, 4.69) is 5.32 Å². The summed E-state index contributed by atoms with van der Waals surface area (Å²) in [5.74, 6) is -0.222. The monoisotopic (exact) mass is 291 g/mol. The van der Waals surface area contributed by atoms with Crippen LogP contribution in [-0.4, -0.2) is 23.3 Å². The molecule has 0 bridgehead atoms. The van der Waals surface area contributed by atoms with Crippen LogP contribution >= 0.6 is 0 Å². The lowest BCUT2D eigenvalue weighted by Gasteiger charge is -2.41. The van der Waals surface area contributed by atoms with E-state index in [9.17, 15) is 4.79 Å². The highest BCUT2D eigenvalue weighted by molar-refractivity contribution is 5.76. The first-order valence-corrected chi connectivity index (χ1v) is 7.40. The van der Waals surface area contributed by atoms with Crippen LogP contribution in [0.15, 0.2) is 30.3 Å². The van der Waals surface area contributed by atoms with Crippen molar-refractivity contribution in [2.75, 3.05) is 0 Å². The third-order valence-electron chi connectivity index (χ3n) is 3.27. The van der Waals surface area contributed by atoms with E-state index in [0.717, 1.165) is 5.56 Å². The Morgan fingerprint density at radius 2 is 1.90 bits per heavy atom. The van der Waals surface area contributed by atoms with Crippen molar-refractivity contribution in [1.29, 1.82) is 0 Å². The first-order chi connectivity index (χ1) is 9.66. The number of benzene rings is 1. The Morgan fingerprint density at radius 3 is 2.48 bits per heavy atom. The largest absolute Gasteiger partial charge is 0.459 e. The number of carbonyl (C=O) groups is 1. The Labute approximate surface area is 126 Å². The van der Waals surface area contributed by atoms with Gasteiger partial charge in [0.15, 0.2) is 0 Å². The van der Waals surface area contributed by atoms with Crippen molar-refractivity contribution in [3.63, 3.8) is 0 Å². The predicted octanol–water partition coefficient (Wildman–Crippen LogP) is 3.18. The Kier molecular flexibility index (Phi) is 4.40. The van der Waals surface area contributed by atoms with Gasteiger partial charge in [-0.3, -0.25) is 10.1 Å². The zero-order valence-corrected chi connectivity index (χ0v) is 13.5. The molecule has 21 heavy (non-hydrogen) atoms. The molecular formula is C17H25NO3. The molecule has 1 aliphatic heterocycles. The molecule has 1 aromatic carbocycles. The van der Waals surface area contributed by atoms with Gasteiger partial charge in [-0.05, 0) is 40.2 Å². The number of carbonyl (C=O) groups excluding carboxylic acids is 1. The highest BCUT2D eigenvalue weighted by atomic mass is 16.6. The zero-order chi connectivity index (χ0) is 15.7. The number of nitrogens with one attached hydrogen (secondary N) is 1. The fourth-order valence-corrected chi connectivity index (χ4v) is 2.53. The fourth-order valence-electron chi connectivity index (χ4n) is 2.53. The van der Waals surface area contributed by atoms with Gasteiger partial charge in [0.2, 0.25) is 0 Å². The van der Waals surface area contributed by atoms with Gasteiger partial charge < -0.3 is 9.47 Å². The van der Waals surface area contributed by atoms with Crippen LogP contribution < -0.4 is 5.32 Å². The maximum atomic E-state index is 12.3. The van der Waals surface area contributed by atoms with E-state index < -0.39 is 11.3 Å². The standard InChI is InChI=1S/C17H25NO3/c1-16(2,3)21-15(19)13-11-14(20-17(4,5)18-13)12-9-7-6-8-10-12/h6-10,13-14,18H,11H2,1-5H3. The highest BCUT2D eigenvalue weighted by Crippen LogP contribution is 2.32. The topological polar surface area (TPSA) is 47.6 Å². The second kappa shape index (κ2) is 5.78. The molecule has 116 valence electrons. The van der Waals surface area contributed by atoms with E-state index in [4.69, 9.17) is 9.47 Å². The second-order valence-corrected chi connectivity index (χ2v) is 6.99. The highest BCUT2D eigenvalue weighted by Gasteiger charge is 2.39. The molecule has 4 nitrogen and oxygen atoms in total. The normalized spacial score (nSPS) is 25.4. The van der Waals surface area contributed by atoms with Crippen molar-refractivity contribution in [1.82, 2.24) is 5.32 Å². The Hall–Kier alpha value is -1.39. The van der Waals surface area contributed by atoms with Crippen molar-refractivity contribution in [2.24, 2.45) is 0 Å². The van der Waals surface area contributed by atoms with Crippen molar-refractivity contribution < 1.29 is 14.3 Å². The first kappa shape index (κ1) is 16.0. The summed E-state index contributed by atoms with van der Waals surface area (Å²) < 4.78 is 11.5. The van der Waals surface area contributed by atoms with Crippen molar-refractivity contribution in [3.05, 3.63) is 35.9 Å². The van der Waals surface area contributed by atoms with Gasteiger partial charge in [0, 0.05) is 6.42 Å². The second-order valence-electron chi connectivity index (χ2n) is 6.99. The quantitative estimate of drug-likeness (QED) is 0.850. The number of rotatable bonds is 2. The number of hydrogen-bond acceptors (Lipinski definition) is 4. The predicted molar refractivity (Wildman–Crippen MR) is 81.7 cm³/mol. The smallest absolute Gasteiger partial charge is 0.323 e. The Balaban J connectivity index is 2.15. The summed E-state index contributed by atoms with van der Waals surface area (Å²) in [7, 11) is 0. The van der Waals surface area contributed by atoms with Crippen LogP contribution in [0.4, 0.5) is 0 Å². The summed E-state index contributed by atoms with van der Waals surface area (Å²) in [5, 5.41) is 3.22. The van der Waals surface area contributed by atoms with Crippen LogP contribution in [0, 0.1) is 0 Å². The molecule has 1 N–H and O–H groups in total. The molecule has 0 spiro atoms. The first-order valence-electron chi connectivity index (χ1n) is 7.40. The van der Waals surface area contributed by atoms with Crippen LogP contribution in [-0.2, 0) is 14.3 Å². The molecule has 1 heterocycles. The fraction of sp³-hybridized carbons (Fsp3) is 0.588. The molecule has 2 atom stereocenters. The molecule has 4 heteroatoms. The molecule has 0 aliphatic carbocycles. The van der Waals surface area contributed by atoms with E-state index in [1.165, 1.54) is 0 Å². The molecule has 2 unspecified atom stereocenters. The van der Waals surface area contributed by atoms with Crippen LogP contribution in [0.5, 0.6) is 0 Å². The minimum Gasteiger partial charge on any atom is -0.459 e. The molecule has 2 rings (SSSR count). The summed E-state index contributed by atoms with van der Waals surface area (Å²) in [6.07, 6.45) is 0.461. The average molecular weight is 291 g/mol. The Morgan fingerprint density at radius 1 is 1.29 bits per heavy atom. The maximum absolute atomic E-state index is 12.3. The van der Waals surface area contributed by atoms with Gasteiger partial charge in [0.05, 0.1) is 6.10 Å². The zero-order valence-electron chi connectivity index (χ0n) is 13.5. The molecule has 0 aromatic heterocycles. The third-order valence-corrected chi connectivity index (χ3v) is 3.27. The number of hydrogen-bond donors (Lipinski definition) is 1. The summed E-state index contributed by atoms with van der Waals surface area (Å²) >= 11 is 0. The van der Waals surface area contributed by atoms with Crippen LogP contribution in [0.2, 0.25) is 0 Å². The van der Waals surface area contributed by atoms with Crippen LogP contribution in [0.3, 0.4) is 0 Å². The molecule has 1 aliphatic rings. The van der Waals surface area contributed by atoms with Crippen molar-refractivity contribution in [3.8, 4) is 0 Å². The van der Waals surface area contributed by atoms with E-state index in [1.807, 2.05) is 65.0 Å². The molecule has 0 radical (unpaired) electrons. The van der Waals surface area contributed by atoms with E-state index >= 15 is 0 Å². The average Bonchev–Trinajstić information content (AvgIpc) is 2.36. The van der Waals surface area contributed by atoms with Crippen LogP contribution in [0.1, 0.15) is 52.7 Å². The van der Waals surface area contributed by atoms with Gasteiger partial charge in [0.25, 0.3) is 0 Å². The van der Waals surface area contributed by atoms with E-state index in [-0.39, 0.29) is 18.1 Å². The van der Waals surface area contributed by atoms with Gasteiger partial charge in [-0.15, -0.1) is 0 Å². The number of esters is 1. The van der Waals surface area contributed by atoms with Crippen molar-refractivity contribution in [2.45, 2.75) is 64.5 Å². The van der Waals surface area contributed by atoms with Crippen LogP contribution in [0.25, 0.3) is 0 Å². The Bertz CT molecular complexity index is 491. The van der Waals surface area contributed by atoms with Gasteiger partial charge in [-0.2, -0.15) is 0 Å². The minimum absolute atomic E-state index is 0.111. The van der Waals surface area contributed by atoms with Gasteiger partial charge in [0.1, 0.15) is 17.4 Å². The summed E-state index contributed by atoms with van der Waals surface area (Å²) in [6.45, 7) is 9.50. The van der Waals surface area contributed by atoms with Gasteiger partial charge in [-0.25, -0.2) is 0 Å². The lowest BCUT2D eigenvalue weighted by atomic mass is 9.97. The maximum Gasteiger partial charge on any atom is 0.323 e. The molecule has 0 saturated carbocycles. The lowest BCUT2D eigenvalue weighted by Crippen LogP contribution is -2.57. The van der Waals surface area contributed by atoms with Crippen molar-refractivity contribution >= 4 is 5.97 Å². The molecule has 1 saturated heterocycles. The third kappa shape index (κ3) is 4.55. The molecule has 0 amide bonds. The van der Waals surface area contributed by atoms with Gasteiger partial charge >= 0.3 is 5.97 Å². The van der Waals surface area contributed by atoms with E-state index in [0.29, 0.717) is 6.42 Å². The molecule has 1 aromatic rings. The lowest BCUT2D eigenvalue weighted by molar-refractivity contribution is -0.177. The molecule has 1 fully saturated rings. The minimum atomic E-state index is -0.569. The van der Waals surface area contributed by atoms with E-state index in [1.54, 1.807) is 0 Å².